The maximum absolute atomic E-state index is 10.2. The fourth-order valence-corrected chi connectivity index (χ4v) is 2.19. The molecule has 0 aliphatic carbocycles. The molecule has 3 heteroatoms. The van der Waals surface area contributed by atoms with Crippen molar-refractivity contribution in [3.63, 3.8) is 0 Å². The normalized spacial score (nSPS) is 12.4. The Morgan fingerprint density at radius 3 is 2.58 bits per heavy atom. The van der Waals surface area contributed by atoms with E-state index < -0.39 is 6.10 Å². The van der Waals surface area contributed by atoms with Crippen LogP contribution in [0.25, 0.3) is 0 Å². The number of ether oxygens (including phenoxy) is 1. The summed E-state index contributed by atoms with van der Waals surface area (Å²) < 4.78 is 10.5. The third kappa shape index (κ3) is 3.38. The minimum atomic E-state index is -0.462. The van der Waals surface area contributed by atoms with E-state index in [2.05, 4.69) is 0 Å². The second kappa shape index (κ2) is 6.43. The first kappa shape index (κ1) is 13.7. The van der Waals surface area contributed by atoms with E-state index in [9.17, 15) is 5.11 Å². The van der Waals surface area contributed by atoms with E-state index in [1.807, 2.05) is 37.3 Å². The lowest BCUT2D eigenvalue weighted by Crippen LogP contribution is -2.01. The Labute approximate surface area is 113 Å². The fraction of sp³-hybridized carbons (Fsp3) is 0.375. The Balaban J connectivity index is 1.94. The van der Waals surface area contributed by atoms with Crippen molar-refractivity contribution in [3.05, 3.63) is 53.5 Å². The molecular weight excluding hydrogens is 240 g/mol. The van der Waals surface area contributed by atoms with Crippen LogP contribution in [0.15, 0.2) is 41.0 Å². The first-order chi connectivity index (χ1) is 9.24. The molecule has 2 rings (SSSR count). The summed E-state index contributed by atoms with van der Waals surface area (Å²) in [7, 11) is 1.66. The van der Waals surface area contributed by atoms with Crippen molar-refractivity contribution in [2.75, 3.05) is 7.11 Å². The van der Waals surface area contributed by atoms with Gasteiger partial charge in [-0.2, -0.15) is 0 Å². The predicted molar refractivity (Wildman–Crippen MR) is 74.4 cm³/mol. The van der Waals surface area contributed by atoms with Crippen molar-refractivity contribution >= 4 is 0 Å². The van der Waals surface area contributed by atoms with Gasteiger partial charge in [-0.3, -0.25) is 0 Å². The summed E-state index contributed by atoms with van der Waals surface area (Å²) in [5.41, 5.74) is 2.11. The van der Waals surface area contributed by atoms with Gasteiger partial charge in [0, 0.05) is 12.0 Å². The van der Waals surface area contributed by atoms with Crippen LogP contribution in [0.2, 0.25) is 0 Å². The Bertz CT molecular complexity index is 499. The zero-order chi connectivity index (χ0) is 13.7. The van der Waals surface area contributed by atoms with Crippen LogP contribution in [0, 0.1) is 0 Å². The Kier molecular flexibility index (Phi) is 4.63. The first-order valence-electron chi connectivity index (χ1n) is 6.61. The lowest BCUT2D eigenvalue weighted by atomic mass is 10.0. The third-order valence-electron chi connectivity index (χ3n) is 3.33. The molecular formula is C16H20O3. The number of hydrogen-bond donors (Lipinski definition) is 1. The van der Waals surface area contributed by atoms with Gasteiger partial charge in [0.05, 0.1) is 19.5 Å². The average Bonchev–Trinajstić information content (AvgIpc) is 2.93. The Hall–Kier alpha value is -1.74. The van der Waals surface area contributed by atoms with Gasteiger partial charge in [-0.05, 0) is 36.6 Å². The molecule has 0 amide bonds. The van der Waals surface area contributed by atoms with Crippen molar-refractivity contribution < 1.29 is 14.3 Å². The summed E-state index contributed by atoms with van der Waals surface area (Å²) in [6.45, 7) is 2.03. The predicted octanol–water partition coefficient (Wildman–Crippen LogP) is 3.52. The molecule has 1 N–H and O–H groups in total. The van der Waals surface area contributed by atoms with Crippen LogP contribution < -0.4 is 4.74 Å². The third-order valence-corrected chi connectivity index (χ3v) is 3.33. The van der Waals surface area contributed by atoms with Crippen molar-refractivity contribution in [3.8, 4) is 5.75 Å². The Morgan fingerprint density at radius 1 is 1.21 bits per heavy atom. The number of methoxy groups -OCH3 is 1. The van der Waals surface area contributed by atoms with Gasteiger partial charge >= 0.3 is 0 Å². The van der Waals surface area contributed by atoms with Gasteiger partial charge in [-0.25, -0.2) is 0 Å². The van der Waals surface area contributed by atoms with Gasteiger partial charge in [-0.1, -0.05) is 19.1 Å². The van der Waals surface area contributed by atoms with Gasteiger partial charge in [0.25, 0.3) is 0 Å². The molecule has 0 aliphatic heterocycles. The standard InChI is InChI=1S/C16H20O3/c1-3-16-14(10-11-19-16)15(17)9-6-12-4-7-13(18-2)8-5-12/h4-5,7-8,10-11,15,17H,3,6,9H2,1-2H3. The molecule has 0 spiro atoms. The van der Waals surface area contributed by atoms with Gasteiger partial charge in [0.2, 0.25) is 0 Å². The molecule has 0 radical (unpaired) electrons. The highest BCUT2D eigenvalue weighted by Crippen LogP contribution is 2.24. The number of aliphatic hydroxyl groups excluding tert-OH is 1. The van der Waals surface area contributed by atoms with E-state index >= 15 is 0 Å². The van der Waals surface area contributed by atoms with Gasteiger partial charge in [-0.15, -0.1) is 0 Å². The van der Waals surface area contributed by atoms with E-state index in [1.165, 1.54) is 5.56 Å². The molecule has 1 aromatic heterocycles. The largest absolute Gasteiger partial charge is 0.497 e. The van der Waals surface area contributed by atoms with E-state index in [0.717, 1.165) is 29.9 Å². The fourth-order valence-electron chi connectivity index (χ4n) is 2.19. The summed E-state index contributed by atoms with van der Waals surface area (Å²) in [5.74, 6) is 1.73. The quantitative estimate of drug-likeness (QED) is 0.864. The minimum absolute atomic E-state index is 0.462. The van der Waals surface area contributed by atoms with Crippen molar-refractivity contribution in [2.24, 2.45) is 0 Å². The molecule has 0 fully saturated rings. The highest BCUT2D eigenvalue weighted by Gasteiger charge is 2.14. The minimum Gasteiger partial charge on any atom is -0.497 e. The zero-order valence-corrected chi connectivity index (χ0v) is 11.4. The average molecular weight is 260 g/mol. The number of hydrogen-bond acceptors (Lipinski definition) is 3. The number of furan rings is 1. The molecule has 3 nitrogen and oxygen atoms in total. The van der Waals surface area contributed by atoms with Crippen LogP contribution in [-0.4, -0.2) is 12.2 Å². The molecule has 19 heavy (non-hydrogen) atoms. The summed E-state index contributed by atoms with van der Waals surface area (Å²) >= 11 is 0. The lowest BCUT2D eigenvalue weighted by Gasteiger charge is -2.10. The van der Waals surface area contributed by atoms with Crippen LogP contribution >= 0.6 is 0 Å². The van der Waals surface area contributed by atoms with Crippen molar-refractivity contribution in [1.29, 1.82) is 0 Å². The lowest BCUT2D eigenvalue weighted by molar-refractivity contribution is 0.165. The topological polar surface area (TPSA) is 42.6 Å². The monoisotopic (exact) mass is 260 g/mol. The van der Waals surface area contributed by atoms with Gasteiger partial charge < -0.3 is 14.3 Å². The van der Waals surface area contributed by atoms with Gasteiger partial charge in [0.1, 0.15) is 11.5 Å². The number of rotatable bonds is 6. The summed E-state index contributed by atoms with van der Waals surface area (Å²) in [4.78, 5) is 0. The summed E-state index contributed by atoms with van der Waals surface area (Å²) in [6, 6.07) is 9.80. The molecule has 0 saturated carbocycles. The SMILES string of the molecule is CCc1occc1C(O)CCc1ccc(OC)cc1. The maximum atomic E-state index is 10.2. The molecule has 2 aromatic rings. The maximum Gasteiger partial charge on any atom is 0.118 e. The summed E-state index contributed by atoms with van der Waals surface area (Å²) in [6.07, 6.45) is 3.52. The second-order valence-corrected chi connectivity index (χ2v) is 4.56. The molecule has 1 heterocycles. The first-order valence-corrected chi connectivity index (χ1v) is 6.61. The molecule has 1 aromatic carbocycles. The zero-order valence-electron chi connectivity index (χ0n) is 11.4. The number of benzene rings is 1. The van der Waals surface area contributed by atoms with Crippen LogP contribution in [0.3, 0.4) is 0 Å². The van der Waals surface area contributed by atoms with Crippen LogP contribution in [0.1, 0.15) is 36.3 Å². The van der Waals surface area contributed by atoms with Crippen LogP contribution in [0.4, 0.5) is 0 Å². The van der Waals surface area contributed by atoms with E-state index in [0.29, 0.717) is 6.42 Å². The van der Waals surface area contributed by atoms with Crippen molar-refractivity contribution in [2.45, 2.75) is 32.3 Å². The molecule has 1 atom stereocenters. The molecule has 0 bridgehead atoms. The number of aliphatic hydroxyl groups is 1. The molecule has 0 saturated heterocycles. The molecule has 0 aliphatic rings. The van der Waals surface area contributed by atoms with E-state index in [4.69, 9.17) is 9.15 Å². The van der Waals surface area contributed by atoms with Crippen LogP contribution in [-0.2, 0) is 12.8 Å². The van der Waals surface area contributed by atoms with Gasteiger partial charge in [0.15, 0.2) is 0 Å². The smallest absolute Gasteiger partial charge is 0.118 e. The second-order valence-electron chi connectivity index (χ2n) is 4.56. The van der Waals surface area contributed by atoms with Crippen LogP contribution in [0.5, 0.6) is 5.75 Å². The Morgan fingerprint density at radius 2 is 1.95 bits per heavy atom. The molecule has 102 valence electrons. The van der Waals surface area contributed by atoms with E-state index in [1.54, 1.807) is 13.4 Å². The highest BCUT2D eigenvalue weighted by molar-refractivity contribution is 5.27. The number of aryl methyl sites for hydroxylation is 2. The summed E-state index contributed by atoms with van der Waals surface area (Å²) in [5, 5.41) is 10.2. The highest BCUT2D eigenvalue weighted by atomic mass is 16.5. The van der Waals surface area contributed by atoms with Crippen molar-refractivity contribution in [1.82, 2.24) is 0 Å². The van der Waals surface area contributed by atoms with E-state index in [-0.39, 0.29) is 0 Å². The molecule has 1 unspecified atom stereocenters.